The minimum Gasteiger partial charge on any atom is -0.480 e. The number of aromatic nitrogens is 2. The summed E-state index contributed by atoms with van der Waals surface area (Å²) in [5.41, 5.74) is 0. The molecule has 0 aromatic carbocycles. The van der Waals surface area contributed by atoms with Crippen LogP contribution in [0.2, 0.25) is 0 Å². The van der Waals surface area contributed by atoms with Gasteiger partial charge in [0.25, 0.3) is 0 Å². The molecule has 0 spiro atoms. The molecule has 1 atom stereocenters. The number of nitrogens with zero attached hydrogens (tertiary/aromatic N) is 2. The number of carbonyl (C=O) groups is 2. The number of anilines is 1. The number of hydrogen-bond donors (Lipinski definition) is 3. The predicted octanol–water partition coefficient (Wildman–Crippen LogP) is 0.913. The van der Waals surface area contributed by atoms with Gasteiger partial charge in [0, 0.05) is 11.5 Å². The van der Waals surface area contributed by atoms with Crippen LogP contribution in [-0.4, -0.2) is 32.7 Å². The highest BCUT2D eigenvalue weighted by atomic mass is 32.1. The molecule has 1 heterocycles. The van der Waals surface area contributed by atoms with E-state index in [2.05, 4.69) is 20.2 Å². The molecular formula is C8H12N4O3S. The molecule has 16 heavy (non-hydrogen) atoms. The summed E-state index contributed by atoms with van der Waals surface area (Å²) in [7, 11) is 0. The number of urea groups is 1. The lowest BCUT2D eigenvalue weighted by atomic mass is 10.2. The topological polar surface area (TPSA) is 104 Å². The van der Waals surface area contributed by atoms with E-state index in [1.807, 2.05) is 6.92 Å². The summed E-state index contributed by atoms with van der Waals surface area (Å²) in [6, 6.07) is -1.43. The summed E-state index contributed by atoms with van der Waals surface area (Å²) in [5, 5.41) is 17.6. The number of nitrogens with one attached hydrogen (secondary N) is 2. The highest BCUT2D eigenvalue weighted by Gasteiger charge is 2.18. The summed E-state index contributed by atoms with van der Waals surface area (Å²) in [6.07, 6.45) is 2.46. The molecule has 1 rings (SSSR count). The van der Waals surface area contributed by atoms with Crippen LogP contribution in [0.5, 0.6) is 0 Å². The fourth-order valence-corrected chi connectivity index (χ4v) is 1.49. The summed E-state index contributed by atoms with van der Waals surface area (Å²) in [5.74, 6) is -1.04. The van der Waals surface area contributed by atoms with E-state index >= 15 is 0 Å². The van der Waals surface area contributed by atoms with Crippen LogP contribution < -0.4 is 10.6 Å². The molecule has 0 aliphatic carbocycles. The Morgan fingerprint density at radius 2 is 2.38 bits per heavy atom. The lowest BCUT2D eigenvalue weighted by Gasteiger charge is -2.13. The third kappa shape index (κ3) is 3.81. The minimum absolute atomic E-state index is 0.393. The molecule has 0 radical (unpaired) electrons. The van der Waals surface area contributed by atoms with Crippen molar-refractivity contribution in [3.8, 4) is 0 Å². The number of rotatable bonds is 5. The second-order valence-corrected chi connectivity index (χ2v) is 3.85. The third-order valence-corrected chi connectivity index (χ3v) is 2.36. The molecule has 0 unspecified atom stereocenters. The predicted molar refractivity (Wildman–Crippen MR) is 58.4 cm³/mol. The quantitative estimate of drug-likeness (QED) is 0.714. The smallest absolute Gasteiger partial charge is 0.326 e. The molecule has 8 heteroatoms. The van der Waals surface area contributed by atoms with E-state index < -0.39 is 18.0 Å². The van der Waals surface area contributed by atoms with Crippen molar-refractivity contribution in [2.24, 2.45) is 0 Å². The van der Waals surface area contributed by atoms with Crippen molar-refractivity contribution < 1.29 is 14.7 Å². The summed E-state index contributed by atoms with van der Waals surface area (Å²) >= 11 is 1.02. The van der Waals surface area contributed by atoms with Gasteiger partial charge in [0.2, 0.25) is 0 Å². The monoisotopic (exact) mass is 244 g/mol. The first-order valence-corrected chi connectivity index (χ1v) is 5.48. The molecule has 0 aliphatic rings. The zero-order valence-corrected chi connectivity index (χ0v) is 9.45. The maximum absolute atomic E-state index is 11.4. The van der Waals surface area contributed by atoms with E-state index in [0.717, 1.165) is 11.5 Å². The van der Waals surface area contributed by atoms with Crippen LogP contribution in [0.1, 0.15) is 19.8 Å². The Morgan fingerprint density at radius 3 is 2.88 bits per heavy atom. The Balaban J connectivity index is 2.45. The van der Waals surface area contributed by atoms with Crippen molar-refractivity contribution >= 4 is 28.5 Å². The molecule has 0 saturated heterocycles. The number of carbonyl (C=O) groups excluding carboxylic acids is 1. The van der Waals surface area contributed by atoms with E-state index in [1.54, 1.807) is 0 Å². The molecule has 3 N–H and O–H groups in total. The summed E-state index contributed by atoms with van der Waals surface area (Å²) in [4.78, 5) is 22.1. The Bertz CT molecular complexity index is 354. The Labute approximate surface area is 96.0 Å². The zero-order valence-electron chi connectivity index (χ0n) is 8.64. The molecule has 1 aromatic heterocycles. The van der Waals surface area contributed by atoms with Crippen LogP contribution in [0, 0.1) is 0 Å². The van der Waals surface area contributed by atoms with Gasteiger partial charge in [-0.05, 0) is 6.42 Å². The van der Waals surface area contributed by atoms with Gasteiger partial charge in [-0.15, -0.1) is 5.10 Å². The fourth-order valence-electron chi connectivity index (χ4n) is 1.07. The molecule has 1 aromatic rings. The first-order valence-electron chi connectivity index (χ1n) is 4.71. The van der Waals surface area contributed by atoms with E-state index in [1.165, 1.54) is 6.20 Å². The Morgan fingerprint density at radius 1 is 1.62 bits per heavy atom. The van der Waals surface area contributed by atoms with Gasteiger partial charge >= 0.3 is 12.0 Å². The minimum atomic E-state index is -1.04. The lowest BCUT2D eigenvalue weighted by molar-refractivity contribution is -0.139. The first-order chi connectivity index (χ1) is 7.63. The van der Waals surface area contributed by atoms with Crippen LogP contribution in [0.15, 0.2) is 6.20 Å². The molecule has 88 valence electrons. The van der Waals surface area contributed by atoms with Crippen molar-refractivity contribution in [3.05, 3.63) is 6.20 Å². The number of hydrogen-bond acceptors (Lipinski definition) is 5. The lowest BCUT2D eigenvalue weighted by Crippen LogP contribution is -2.42. The van der Waals surface area contributed by atoms with Gasteiger partial charge < -0.3 is 10.4 Å². The van der Waals surface area contributed by atoms with Crippen LogP contribution in [-0.2, 0) is 4.79 Å². The van der Waals surface area contributed by atoms with Crippen LogP contribution in [0.4, 0.5) is 9.80 Å². The molecule has 0 aliphatic heterocycles. The highest BCUT2D eigenvalue weighted by molar-refractivity contribution is 7.10. The molecule has 0 bridgehead atoms. The van der Waals surface area contributed by atoms with Gasteiger partial charge in [0.1, 0.15) is 11.0 Å². The van der Waals surface area contributed by atoms with E-state index in [4.69, 9.17) is 5.11 Å². The van der Waals surface area contributed by atoms with Crippen LogP contribution in [0.3, 0.4) is 0 Å². The second-order valence-electron chi connectivity index (χ2n) is 3.06. The standard InChI is InChI=1S/C8H12N4O3S/c1-2-3-5(7(13)14)10-8(15)11-6-4-9-12-16-6/h4-5H,2-3H2,1H3,(H,13,14)(H2,10,11,15)/t5-/m1/s1. The summed E-state index contributed by atoms with van der Waals surface area (Å²) in [6.45, 7) is 1.85. The SMILES string of the molecule is CCC[C@@H](NC(=O)Nc1cnns1)C(=O)O. The average molecular weight is 244 g/mol. The van der Waals surface area contributed by atoms with Crippen molar-refractivity contribution in [2.45, 2.75) is 25.8 Å². The third-order valence-electron chi connectivity index (χ3n) is 1.78. The molecule has 2 amide bonds. The fraction of sp³-hybridized carbons (Fsp3) is 0.500. The van der Waals surface area contributed by atoms with E-state index in [0.29, 0.717) is 17.8 Å². The van der Waals surface area contributed by atoms with Crippen molar-refractivity contribution in [1.29, 1.82) is 0 Å². The normalized spacial score (nSPS) is 11.8. The van der Waals surface area contributed by atoms with Gasteiger partial charge in [-0.3, -0.25) is 5.32 Å². The van der Waals surface area contributed by atoms with Crippen molar-refractivity contribution in [1.82, 2.24) is 14.9 Å². The van der Waals surface area contributed by atoms with Gasteiger partial charge in [-0.2, -0.15) is 0 Å². The highest BCUT2D eigenvalue weighted by Crippen LogP contribution is 2.08. The summed E-state index contributed by atoms with van der Waals surface area (Å²) < 4.78 is 3.56. The van der Waals surface area contributed by atoms with Crippen molar-refractivity contribution in [2.75, 3.05) is 5.32 Å². The molecule has 0 saturated carbocycles. The first kappa shape index (κ1) is 12.4. The number of aliphatic carboxylic acids is 1. The second kappa shape index (κ2) is 6.01. The van der Waals surface area contributed by atoms with Gasteiger partial charge in [-0.1, -0.05) is 17.8 Å². The zero-order chi connectivity index (χ0) is 12.0. The van der Waals surface area contributed by atoms with E-state index in [9.17, 15) is 9.59 Å². The maximum Gasteiger partial charge on any atom is 0.326 e. The number of carboxylic acids is 1. The largest absolute Gasteiger partial charge is 0.480 e. The molecular weight excluding hydrogens is 232 g/mol. The van der Waals surface area contributed by atoms with Crippen molar-refractivity contribution in [3.63, 3.8) is 0 Å². The average Bonchev–Trinajstić information content (AvgIpc) is 2.69. The van der Waals surface area contributed by atoms with Gasteiger partial charge in [0.05, 0.1) is 6.20 Å². The van der Waals surface area contributed by atoms with Gasteiger partial charge in [-0.25, -0.2) is 9.59 Å². The van der Waals surface area contributed by atoms with Gasteiger partial charge in [0.15, 0.2) is 0 Å². The maximum atomic E-state index is 11.4. The van der Waals surface area contributed by atoms with Crippen LogP contribution >= 0.6 is 11.5 Å². The van der Waals surface area contributed by atoms with Crippen LogP contribution in [0.25, 0.3) is 0 Å². The van der Waals surface area contributed by atoms with E-state index in [-0.39, 0.29) is 0 Å². The number of amides is 2. The molecule has 7 nitrogen and oxygen atoms in total. The molecule has 0 fully saturated rings. The Hall–Kier alpha value is -1.70. The number of carboxylic acid groups (broad SMARTS) is 1. The Kier molecular flexibility index (Phi) is 4.65.